The van der Waals surface area contributed by atoms with E-state index in [0.29, 0.717) is 0 Å². The number of halogens is 3. The lowest BCUT2D eigenvalue weighted by atomic mass is 10.1. The fraction of sp³-hybridized carbons (Fsp3) is 0.125. The summed E-state index contributed by atoms with van der Waals surface area (Å²) >= 11 is 0. The maximum Gasteiger partial charge on any atom is 0.416 e. The fourth-order valence-corrected chi connectivity index (χ4v) is 3.04. The first-order chi connectivity index (χ1) is 13.9. The van der Waals surface area contributed by atoms with E-state index in [4.69, 9.17) is 9.88 Å². The Hall–Kier alpha value is -3.52. The largest absolute Gasteiger partial charge is 0.506 e. The molecule has 5 N–H and O–H groups in total. The van der Waals surface area contributed by atoms with E-state index in [1.165, 1.54) is 13.2 Å². The van der Waals surface area contributed by atoms with E-state index in [2.05, 4.69) is 10.3 Å². The van der Waals surface area contributed by atoms with E-state index in [9.17, 15) is 31.8 Å². The number of aromatic nitrogens is 3. The molecule has 0 radical (unpaired) electrons. The van der Waals surface area contributed by atoms with Crippen LogP contribution in [0.25, 0.3) is 16.9 Å². The van der Waals surface area contributed by atoms with Crippen LogP contribution in [-0.4, -0.2) is 40.7 Å². The van der Waals surface area contributed by atoms with Crippen molar-refractivity contribution in [3.8, 4) is 34.2 Å². The van der Waals surface area contributed by atoms with Gasteiger partial charge in [-0.05, 0) is 12.1 Å². The standard InChI is InChI=1S/C16H14F3N5O5S/c1-29-13-6-10(11(25)7-12(13)26)24-14(15(21-23-24)22-30(20,27)28)8-3-2-4-9(5-8)16(17,18)19/h2-7,22,25-26H,1H3,(H2,20,27,28). The summed E-state index contributed by atoms with van der Waals surface area (Å²) < 4.78 is 70.1. The Labute approximate surface area is 167 Å². The Morgan fingerprint density at radius 3 is 2.47 bits per heavy atom. The molecule has 0 spiro atoms. The van der Waals surface area contributed by atoms with Gasteiger partial charge in [0.15, 0.2) is 17.3 Å². The molecule has 2 aromatic carbocycles. The third-order valence-corrected chi connectivity index (χ3v) is 4.35. The first-order valence-electron chi connectivity index (χ1n) is 7.95. The molecule has 0 atom stereocenters. The van der Waals surface area contributed by atoms with E-state index in [1.54, 1.807) is 0 Å². The fourth-order valence-electron chi connectivity index (χ4n) is 2.64. The highest BCUT2D eigenvalue weighted by atomic mass is 32.2. The third kappa shape index (κ3) is 4.23. The van der Waals surface area contributed by atoms with Crippen LogP contribution in [0, 0.1) is 0 Å². The molecule has 0 saturated heterocycles. The molecule has 0 unspecified atom stereocenters. The number of nitrogens with one attached hydrogen (secondary N) is 1. The minimum Gasteiger partial charge on any atom is -0.506 e. The minimum atomic E-state index is -4.67. The monoisotopic (exact) mass is 445 g/mol. The molecular formula is C16H14F3N5O5S. The van der Waals surface area contributed by atoms with Crippen LogP contribution in [0.4, 0.5) is 19.0 Å². The number of alkyl halides is 3. The van der Waals surface area contributed by atoms with Crippen molar-refractivity contribution < 1.29 is 36.5 Å². The zero-order chi connectivity index (χ0) is 22.3. The topological polar surface area (TPSA) is 153 Å². The first kappa shape index (κ1) is 21.2. The van der Waals surface area contributed by atoms with Crippen LogP contribution >= 0.6 is 0 Å². The Bertz CT molecular complexity index is 1210. The van der Waals surface area contributed by atoms with Crippen LogP contribution in [0.15, 0.2) is 36.4 Å². The van der Waals surface area contributed by atoms with E-state index >= 15 is 0 Å². The van der Waals surface area contributed by atoms with Crippen molar-refractivity contribution in [2.75, 3.05) is 11.8 Å². The quantitative estimate of drug-likeness (QED) is 0.468. The number of aromatic hydroxyl groups is 2. The van der Waals surface area contributed by atoms with Gasteiger partial charge in [0.05, 0.1) is 12.7 Å². The van der Waals surface area contributed by atoms with Crippen molar-refractivity contribution in [3.05, 3.63) is 42.0 Å². The van der Waals surface area contributed by atoms with E-state index in [1.807, 2.05) is 4.72 Å². The summed E-state index contributed by atoms with van der Waals surface area (Å²) in [6, 6.07) is 5.99. The molecule has 0 saturated carbocycles. The highest BCUT2D eigenvalue weighted by Crippen LogP contribution is 2.39. The van der Waals surface area contributed by atoms with Crippen LogP contribution in [0.3, 0.4) is 0 Å². The Morgan fingerprint density at radius 1 is 1.17 bits per heavy atom. The highest BCUT2D eigenvalue weighted by Gasteiger charge is 2.31. The lowest BCUT2D eigenvalue weighted by Crippen LogP contribution is -2.22. The molecule has 0 bridgehead atoms. The minimum absolute atomic E-state index is 0.0887. The number of rotatable bonds is 5. The molecule has 1 aromatic heterocycles. The number of phenols is 2. The predicted octanol–water partition coefficient (Wildman–Crippen LogP) is 1.99. The zero-order valence-electron chi connectivity index (χ0n) is 15.0. The summed E-state index contributed by atoms with van der Waals surface area (Å²) in [6.07, 6.45) is -4.67. The summed E-state index contributed by atoms with van der Waals surface area (Å²) in [5.41, 5.74) is -1.56. The molecule has 10 nitrogen and oxygen atoms in total. The number of nitrogens with two attached hydrogens (primary N) is 1. The third-order valence-electron chi connectivity index (χ3n) is 3.88. The number of ether oxygens (including phenoxy) is 1. The molecule has 0 aliphatic rings. The van der Waals surface area contributed by atoms with Crippen molar-refractivity contribution in [1.29, 1.82) is 0 Å². The van der Waals surface area contributed by atoms with Gasteiger partial charge >= 0.3 is 6.18 Å². The Balaban J connectivity index is 2.30. The van der Waals surface area contributed by atoms with Gasteiger partial charge in [0.1, 0.15) is 17.1 Å². The number of anilines is 1. The van der Waals surface area contributed by atoms with Crippen molar-refractivity contribution in [1.82, 2.24) is 15.0 Å². The smallest absolute Gasteiger partial charge is 0.416 e. The molecule has 0 aliphatic heterocycles. The zero-order valence-corrected chi connectivity index (χ0v) is 15.9. The van der Waals surface area contributed by atoms with Crippen LogP contribution in [-0.2, 0) is 16.4 Å². The van der Waals surface area contributed by atoms with Gasteiger partial charge in [-0.2, -0.15) is 21.6 Å². The average Bonchev–Trinajstić information content (AvgIpc) is 3.02. The van der Waals surface area contributed by atoms with E-state index < -0.39 is 39.3 Å². The second kappa shape index (κ2) is 7.38. The number of nitrogens with zero attached hydrogens (tertiary/aromatic N) is 3. The number of phenolic OH excluding ortho intramolecular Hbond substituents is 2. The molecule has 0 fully saturated rings. The summed E-state index contributed by atoms with van der Waals surface area (Å²) in [5, 5.41) is 32.3. The maximum absolute atomic E-state index is 13.2. The molecule has 0 amide bonds. The first-order valence-corrected chi connectivity index (χ1v) is 9.49. The van der Waals surface area contributed by atoms with Gasteiger partial charge in [0, 0.05) is 17.7 Å². The van der Waals surface area contributed by atoms with Crippen molar-refractivity contribution >= 4 is 16.0 Å². The van der Waals surface area contributed by atoms with Gasteiger partial charge in [0.25, 0.3) is 10.2 Å². The van der Waals surface area contributed by atoms with Crippen molar-refractivity contribution in [2.45, 2.75) is 6.18 Å². The van der Waals surface area contributed by atoms with Crippen molar-refractivity contribution in [2.24, 2.45) is 5.14 Å². The SMILES string of the molecule is COc1cc(-n2nnc(NS(N)(=O)=O)c2-c2cccc(C(F)(F)F)c2)c(O)cc1O. The second-order valence-electron chi connectivity index (χ2n) is 5.94. The van der Waals surface area contributed by atoms with E-state index in [0.717, 1.165) is 35.0 Å². The van der Waals surface area contributed by atoms with Gasteiger partial charge < -0.3 is 14.9 Å². The molecule has 14 heteroatoms. The molecule has 30 heavy (non-hydrogen) atoms. The highest BCUT2D eigenvalue weighted by molar-refractivity contribution is 7.90. The van der Waals surface area contributed by atoms with Crippen LogP contribution in [0.1, 0.15) is 5.56 Å². The second-order valence-corrected chi connectivity index (χ2v) is 7.23. The normalized spacial score (nSPS) is 12.0. The molecule has 160 valence electrons. The van der Waals surface area contributed by atoms with Crippen molar-refractivity contribution in [3.63, 3.8) is 0 Å². The lowest BCUT2D eigenvalue weighted by Gasteiger charge is -2.13. The molecular weight excluding hydrogens is 431 g/mol. The predicted molar refractivity (Wildman–Crippen MR) is 98.4 cm³/mol. The summed E-state index contributed by atoms with van der Waals surface area (Å²) in [4.78, 5) is 0. The molecule has 1 heterocycles. The van der Waals surface area contributed by atoms with Crippen LogP contribution in [0.2, 0.25) is 0 Å². The summed E-state index contributed by atoms with van der Waals surface area (Å²) in [5.74, 6) is -1.52. The van der Waals surface area contributed by atoms with Crippen LogP contribution in [0.5, 0.6) is 17.2 Å². The van der Waals surface area contributed by atoms with Gasteiger partial charge in [-0.25, -0.2) is 9.82 Å². The summed E-state index contributed by atoms with van der Waals surface area (Å²) in [7, 11) is -3.12. The summed E-state index contributed by atoms with van der Waals surface area (Å²) in [6.45, 7) is 0. The van der Waals surface area contributed by atoms with Gasteiger partial charge in [0.2, 0.25) is 0 Å². The molecule has 0 aliphatic carbocycles. The number of hydrogen-bond donors (Lipinski definition) is 4. The maximum atomic E-state index is 13.2. The van der Waals surface area contributed by atoms with Gasteiger partial charge in [-0.1, -0.05) is 17.3 Å². The number of methoxy groups -OCH3 is 1. The number of hydrogen-bond acceptors (Lipinski definition) is 7. The van der Waals surface area contributed by atoms with E-state index in [-0.39, 0.29) is 22.7 Å². The van der Waals surface area contributed by atoms with Crippen LogP contribution < -0.4 is 14.6 Å². The molecule has 3 aromatic rings. The molecule has 3 rings (SSSR count). The average molecular weight is 445 g/mol. The Kier molecular flexibility index (Phi) is 5.22. The lowest BCUT2D eigenvalue weighted by molar-refractivity contribution is -0.137. The Morgan fingerprint density at radius 2 is 1.87 bits per heavy atom. The van der Waals surface area contributed by atoms with Gasteiger partial charge in [-0.15, -0.1) is 5.10 Å². The number of benzene rings is 2. The van der Waals surface area contributed by atoms with Gasteiger partial charge in [-0.3, -0.25) is 4.72 Å².